The van der Waals surface area contributed by atoms with Crippen molar-refractivity contribution in [3.8, 4) is 5.75 Å². The van der Waals surface area contributed by atoms with Crippen molar-refractivity contribution < 1.29 is 23.5 Å². The molecule has 38 heavy (non-hydrogen) atoms. The van der Waals surface area contributed by atoms with E-state index in [-0.39, 0.29) is 12.5 Å². The van der Waals surface area contributed by atoms with E-state index in [1.165, 1.54) is 97.0 Å². The topological polar surface area (TPSA) is 77.8 Å². The summed E-state index contributed by atoms with van der Waals surface area (Å²) in [5.41, 5.74) is 0.459. The van der Waals surface area contributed by atoms with Crippen LogP contribution in [0.15, 0.2) is 40.8 Å². The molecule has 1 amide bonds. The first kappa shape index (κ1) is 31.5. The summed E-state index contributed by atoms with van der Waals surface area (Å²) in [5.74, 6) is 0.872. The summed E-state index contributed by atoms with van der Waals surface area (Å²) >= 11 is 0. The molecule has 0 unspecified atom stereocenters. The largest absolute Gasteiger partial charge is 0.486 e. The fourth-order valence-electron chi connectivity index (χ4n) is 4.50. The van der Waals surface area contributed by atoms with Gasteiger partial charge in [0, 0.05) is 6.54 Å². The maximum absolute atomic E-state index is 12.3. The molecule has 0 spiro atoms. The minimum atomic E-state index is -0.391. The number of methoxy groups -OCH3 is 1. The normalized spacial score (nSPS) is 10.9. The van der Waals surface area contributed by atoms with Crippen LogP contribution in [0, 0.1) is 0 Å². The van der Waals surface area contributed by atoms with Crippen molar-refractivity contribution >= 4 is 11.9 Å². The van der Waals surface area contributed by atoms with Gasteiger partial charge in [-0.05, 0) is 42.8 Å². The molecule has 0 bridgehead atoms. The third-order valence-corrected chi connectivity index (χ3v) is 6.86. The number of esters is 1. The molecule has 212 valence electrons. The zero-order valence-electron chi connectivity index (χ0n) is 23.7. The molecule has 1 aromatic carbocycles. The van der Waals surface area contributed by atoms with Crippen molar-refractivity contribution in [2.75, 3.05) is 13.7 Å². The number of amides is 1. The third kappa shape index (κ3) is 13.7. The van der Waals surface area contributed by atoms with Crippen molar-refractivity contribution in [1.29, 1.82) is 0 Å². The highest BCUT2D eigenvalue weighted by molar-refractivity contribution is 5.91. The molecular weight excluding hydrogens is 478 g/mol. The molecule has 0 radical (unpaired) electrons. The Morgan fingerprint density at radius 2 is 1.24 bits per heavy atom. The Balaban J connectivity index is 1.43. The van der Waals surface area contributed by atoms with Gasteiger partial charge in [0.1, 0.15) is 18.1 Å². The quantitative estimate of drug-likeness (QED) is 0.122. The van der Waals surface area contributed by atoms with E-state index in [4.69, 9.17) is 9.15 Å². The van der Waals surface area contributed by atoms with Gasteiger partial charge in [-0.15, -0.1) is 0 Å². The fraction of sp³-hybridized carbons (Fsp3) is 0.625. The second kappa shape index (κ2) is 20.2. The van der Waals surface area contributed by atoms with E-state index in [0.29, 0.717) is 29.4 Å². The zero-order valence-corrected chi connectivity index (χ0v) is 23.7. The summed E-state index contributed by atoms with van der Waals surface area (Å²) in [7, 11) is 1.35. The molecule has 0 aliphatic rings. The second-order valence-corrected chi connectivity index (χ2v) is 10.1. The molecule has 1 aromatic heterocycles. The van der Waals surface area contributed by atoms with Crippen LogP contribution >= 0.6 is 0 Å². The van der Waals surface area contributed by atoms with Crippen molar-refractivity contribution in [2.24, 2.45) is 0 Å². The maximum atomic E-state index is 12.3. The van der Waals surface area contributed by atoms with Crippen LogP contribution in [0.3, 0.4) is 0 Å². The smallest absolute Gasteiger partial charge is 0.337 e. The molecule has 0 atom stereocenters. The monoisotopic (exact) mass is 527 g/mol. The second-order valence-electron chi connectivity index (χ2n) is 10.1. The van der Waals surface area contributed by atoms with E-state index in [1.54, 1.807) is 36.4 Å². The molecule has 6 heteroatoms. The first-order chi connectivity index (χ1) is 18.6. The highest BCUT2D eigenvalue weighted by Gasteiger charge is 2.11. The van der Waals surface area contributed by atoms with Gasteiger partial charge in [0.2, 0.25) is 0 Å². The van der Waals surface area contributed by atoms with E-state index in [2.05, 4.69) is 17.0 Å². The lowest BCUT2D eigenvalue weighted by Gasteiger charge is -2.06. The Morgan fingerprint density at radius 3 is 1.76 bits per heavy atom. The Labute approximate surface area is 229 Å². The van der Waals surface area contributed by atoms with Gasteiger partial charge < -0.3 is 19.2 Å². The summed E-state index contributed by atoms with van der Waals surface area (Å²) < 4.78 is 16.0. The molecular formula is C32H49NO5. The van der Waals surface area contributed by atoms with Gasteiger partial charge >= 0.3 is 5.97 Å². The molecule has 1 heterocycles. The van der Waals surface area contributed by atoms with Crippen molar-refractivity contribution in [3.05, 3.63) is 53.5 Å². The number of nitrogens with one attached hydrogen (secondary N) is 1. The van der Waals surface area contributed by atoms with Crippen LogP contribution in [0.1, 0.15) is 136 Å². The maximum Gasteiger partial charge on any atom is 0.337 e. The molecule has 1 N–H and O–H groups in total. The summed E-state index contributed by atoms with van der Waals surface area (Å²) in [5, 5.41) is 2.94. The van der Waals surface area contributed by atoms with Crippen molar-refractivity contribution in [2.45, 2.75) is 116 Å². The summed E-state index contributed by atoms with van der Waals surface area (Å²) in [6.45, 7) is 3.14. The summed E-state index contributed by atoms with van der Waals surface area (Å²) in [4.78, 5) is 23.8. The van der Waals surface area contributed by atoms with Gasteiger partial charge in [0.05, 0.1) is 12.7 Å². The molecule has 2 aromatic rings. The molecule has 6 nitrogen and oxygen atoms in total. The Morgan fingerprint density at radius 1 is 0.711 bits per heavy atom. The SMILES string of the molecule is CCCCCCCCCCCCCCCCCCNC(=O)c1ccc(COc2ccc(C(=O)OC)cc2)o1. The lowest BCUT2D eigenvalue weighted by Crippen LogP contribution is -2.23. The zero-order chi connectivity index (χ0) is 27.3. The average molecular weight is 528 g/mol. The molecule has 0 aliphatic heterocycles. The number of ether oxygens (including phenoxy) is 2. The van der Waals surface area contributed by atoms with Crippen LogP contribution in [-0.2, 0) is 11.3 Å². The number of rotatable bonds is 22. The predicted molar refractivity (Wildman–Crippen MR) is 153 cm³/mol. The van der Waals surface area contributed by atoms with Crippen LogP contribution < -0.4 is 10.1 Å². The first-order valence-corrected chi connectivity index (χ1v) is 14.8. The van der Waals surface area contributed by atoms with E-state index >= 15 is 0 Å². The van der Waals surface area contributed by atoms with E-state index in [0.717, 1.165) is 12.8 Å². The molecule has 0 aliphatic carbocycles. The minimum absolute atomic E-state index is 0.195. The average Bonchev–Trinajstić information content (AvgIpc) is 3.42. The van der Waals surface area contributed by atoms with Gasteiger partial charge in [-0.2, -0.15) is 0 Å². The lowest BCUT2D eigenvalue weighted by molar-refractivity contribution is 0.0600. The van der Waals surface area contributed by atoms with E-state index in [1.807, 2.05) is 0 Å². The Kier molecular flexibility index (Phi) is 16.8. The van der Waals surface area contributed by atoms with E-state index < -0.39 is 5.97 Å². The fourth-order valence-corrected chi connectivity index (χ4v) is 4.50. The van der Waals surface area contributed by atoms with Gasteiger partial charge in [-0.1, -0.05) is 103 Å². The predicted octanol–water partition coefficient (Wildman–Crippen LogP) is 8.64. The van der Waals surface area contributed by atoms with Gasteiger partial charge in [0.15, 0.2) is 5.76 Å². The molecule has 0 fully saturated rings. The van der Waals surface area contributed by atoms with Crippen LogP contribution in [-0.4, -0.2) is 25.5 Å². The summed E-state index contributed by atoms with van der Waals surface area (Å²) in [6, 6.07) is 10.1. The lowest BCUT2D eigenvalue weighted by atomic mass is 10.0. The first-order valence-electron chi connectivity index (χ1n) is 14.8. The highest BCUT2D eigenvalue weighted by Crippen LogP contribution is 2.17. The number of hydrogen-bond donors (Lipinski definition) is 1. The third-order valence-electron chi connectivity index (χ3n) is 6.86. The van der Waals surface area contributed by atoms with Gasteiger partial charge in [0.25, 0.3) is 5.91 Å². The minimum Gasteiger partial charge on any atom is -0.486 e. The van der Waals surface area contributed by atoms with Crippen molar-refractivity contribution in [1.82, 2.24) is 5.32 Å². The Bertz CT molecular complexity index is 890. The number of unbranched alkanes of at least 4 members (excludes halogenated alkanes) is 15. The number of benzene rings is 1. The van der Waals surface area contributed by atoms with Crippen molar-refractivity contribution in [3.63, 3.8) is 0 Å². The highest BCUT2D eigenvalue weighted by atomic mass is 16.5. The summed E-state index contributed by atoms with van der Waals surface area (Å²) in [6.07, 6.45) is 21.4. The molecule has 0 saturated carbocycles. The van der Waals surface area contributed by atoms with Crippen LogP contribution in [0.25, 0.3) is 0 Å². The van der Waals surface area contributed by atoms with Crippen LogP contribution in [0.5, 0.6) is 5.75 Å². The van der Waals surface area contributed by atoms with E-state index in [9.17, 15) is 9.59 Å². The molecule has 2 rings (SSSR count). The number of carbonyl (C=O) groups excluding carboxylic acids is 2. The van der Waals surface area contributed by atoms with Gasteiger partial charge in [-0.3, -0.25) is 4.79 Å². The van der Waals surface area contributed by atoms with Gasteiger partial charge in [-0.25, -0.2) is 4.79 Å². The number of hydrogen-bond acceptors (Lipinski definition) is 5. The number of furan rings is 1. The molecule has 0 saturated heterocycles. The standard InChI is InChI=1S/C32H49NO5/c1-3-4-5-6-7-8-9-10-11-12-13-14-15-16-17-18-25-33-31(34)30-24-23-29(38-30)26-37-28-21-19-27(20-22-28)32(35)36-2/h19-24H,3-18,25-26H2,1-2H3,(H,33,34). The number of carbonyl (C=O) groups is 2. The Hall–Kier alpha value is -2.76. The van der Waals surface area contributed by atoms with Crippen LogP contribution in [0.2, 0.25) is 0 Å². The van der Waals surface area contributed by atoms with Crippen LogP contribution in [0.4, 0.5) is 0 Å².